The van der Waals surface area contributed by atoms with Crippen LogP contribution in [0.5, 0.6) is 0 Å². The number of aliphatic hydroxyl groups is 1. The van der Waals surface area contributed by atoms with E-state index in [0.717, 1.165) is 41.5 Å². The molecule has 4 aliphatic carbocycles. The van der Waals surface area contributed by atoms with Gasteiger partial charge in [-0.15, -0.1) is 0 Å². The molecule has 1 N–H and O–H groups in total. The number of aliphatic hydroxyl groups excluding tert-OH is 1. The molecular weight excluding hydrogens is 581 g/mol. The van der Waals surface area contributed by atoms with Crippen molar-refractivity contribution in [2.45, 2.75) is 64.1 Å². The topological polar surface area (TPSA) is 118 Å². The van der Waals surface area contributed by atoms with Crippen molar-refractivity contribution in [2.75, 3.05) is 5.75 Å². The van der Waals surface area contributed by atoms with Crippen LogP contribution >= 0.6 is 11.8 Å². The molecule has 228 valence electrons. The van der Waals surface area contributed by atoms with E-state index in [1.807, 2.05) is 23.9 Å². The highest BCUT2D eigenvalue weighted by molar-refractivity contribution is 8.14. The number of hydrogen-bond donors (Lipinski definition) is 1. The zero-order valence-electron chi connectivity index (χ0n) is 24.7. The maximum Gasteiger partial charge on any atom is 0.342 e. The molecule has 44 heavy (non-hydrogen) atoms. The SMILES string of the molecule is C[C@]12Cc3cnn(-c4ccc(F)cc4)c3C=C1CC[C@@H]1[C@@H]2[C@@H](O)C[C@@]2(C)[C@H]1CC[C@]2(OC(=O)c1ccoc1)C(=O)SCC#N. The molecule has 0 saturated heterocycles. The van der Waals surface area contributed by atoms with Gasteiger partial charge in [0.1, 0.15) is 12.1 Å². The Bertz CT molecular complexity index is 1690. The lowest BCUT2D eigenvalue weighted by Gasteiger charge is -2.60. The number of benzene rings is 1. The summed E-state index contributed by atoms with van der Waals surface area (Å²) in [5.74, 6) is -0.870. The average Bonchev–Trinajstić information content (AvgIpc) is 3.73. The number of rotatable bonds is 5. The standard InChI is InChI=1S/C34H34FN3O5S/c1-32-16-21-18-37-38(24-6-4-23(35)5-7-24)27(21)15-22(32)3-8-25-26-9-11-34(31(41)44-14-12-36,33(26,2)17-28(39)29(25)32)43-30(40)20-10-13-42-19-20/h4-7,10,13,15,18-19,25-26,28-29,39H,3,8-9,11,14,16-17H2,1-2H3/t25-,26-,28-,29+,32-,33-,34-/m0/s1. The fraction of sp³-hybridized carbons (Fsp3) is 0.471. The summed E-state index contributed by atoms with van der Waals surface area (Å²) < 4.78 is 26.7. The first kappa shape index (κ1) is 29.1. The van der Waals surface area contributed by atoms with Crippen LogP contribution in [0.15, 0.2) is 59.0 Å². The molecule has 0 aliphatic heterocycles. The summed E-state index contributed by atoms with van der Waals surface area (Å²) >= 11 is 0.886. The van der Waals surface area contributed by atoms with E-state index in [0.29, 0.717) is 25.7 Å². The van der Waals surface area contributed by atoms with Gasteiger partial charge in [0.15, 0.2) is 5.60 Å². The molecule has 0 unspecified atom stereocenters. The van der Waals surface area contributed by atoms with Gasteiger partial charge in [0.05, 0.1) is 47.3 Å². The zero-order chi connectivity index (χ0) is 30.9. The lowest BCUT2D eigenvalue weighted by Crippen LogP contribution is -2.62. The third kappa shape index (κ3) is 4.16. The van der Waals surface area contributed by atoms with Crippen molar-refractivity contribution in [1.82, 2.24) is 9.78 Å². The minimum atomic E-state index is -1.47. The van der Waals surface area contributed by atoms with Gasteiger partial charge in [0.25, 0.3) is 0 Å². The molecule has 0 spiro atoms. The average molecular weight is 616 g/mol. The number of esters is 1. The second kappa shape index (κ2) is 10.5. The number of nitriles is 1. The first-order valence-electron chi connectivity index (χ1n) is 15.1. The monoisotopic (exact) mass is 615 g/mol. The van der Waals surface area contributed by atoms with E-state index < -0.39 is 23.1 Å². The normalized spacial score (nSPS) is 33.7. The van der Waals surface area contributed by atoms with Crippen molar-refractivity contribution >= 4 is 28.9 Å². The summed E-state index contributed by atoms with van der Waals surface area (Å²) in [7, 11) is 0. The molecule has 4 aliphatic rings. The second-order valence-electron chi connectivity index (χ2n) is 13.2. The number of fused-ring (bicyclic) bond motifs is 6. The molecule has 0 radical (unpaired) electrons. The summed E-state index contributed by atoms with van der Waals surface area (Å²) in [5, 5.41) is 25.6. The molecule has 1 aromatic carbocycles. The Kier molecular flexibility index (Phi) is 6.90. The summed E-state index contributed by atoms with van der Waals surface area (Å²) in [6.45, 7) is 4.24. The van der Waals surface area contributed by atoms with E-state index in [1.165, 1.54) is 36.3 Å². The molecule has 0 bridgehead atoms. The highest BCUT2D eigenvalue weighted by atomic mass is 32.2. The predicted octanol–water partition coefficient (Wildman–Crippen LogP) is 6.14. The summed E-state index contributed by atoms with van der Waals surface area (Å²) in [6, 6.07) is 9.84. The fourth-order valence-corrected chi connectivity index (χ4v) is 10.1. The maximum absolute atomic E-state index is 13.9. The van der Waals surface area contributed by atoms with Crippen molar-refractivity contribution in [3.8, 4) is 11.8 Å². The summed E-state index contributed by atoms with van der Waals surface area (Å²) in [5.41, 5.74) is 1.78. The Morgan fingerprint density at radius 2 is 2.05 bits per heavy atom. The molecule has 3 fully saturated rings. The Morgan fingerprint density at radius 1 is 1.25 bits per heavy atom. The van der Waals surface area contributed by atoms with E-state index in [2.05, 4.69) is 18.1 Å². The lowest BCUT2D eigenvalue weighted by molar-refractivity contribution is -0.174. The number of carbonyl (C=O) groups excluding carboxylic acids is 2. The minimum absolute atomic E-state index is 0.0423. The number of halogens is 1. The van der Waals surface area contributed by atoms with E-state index >= 15 is 0 Å². The molecule has 3 aromatic rings. The number of carbonyl (C=O) groups is 2. The van der Waals surface area contributed by atoms with Crippen LogP contribution in [-0.4, -0.2) is 43.4 Å². The minimum Gasteiger partial charge on any atom is -0.472 e. The third-order valence-corrected chi connectivity index (χ3v) is 12.1. The molecule has 7 rings (SSSR count). The van der Waals surface area contributed by atoms with Gasteiger partial charge < -0.3 is 14.3 Å². The quantitative estimate of drug-likeness (QED) is 0.340. The van der Waals surface area contributed by atoms with Crippen molar-refractivity contribution in [1.29, 1.82) is 5.26 Å². The number of nitrogens with zero attached hydrogens (tertiary/aromatic N) is 3. The van der Waals surface area contributed by atoms with Gasteiger partial charge in [0, 0.05) is 5.41 Å². The van der Waals surface area contributed by atoms with Crippen LogP contribution in [0, 0.1) is 45.7 Å². The lowest BCUT2D eigenvalue weighted by atomic mass is 9.45. The zero-order valence-corrected chi connectivity index (χ0v) is 25.5. The number of thioether (sulfide) groups is 1. The van der Waals surface area contributed by atoms with Gasteiger partial charge in [0.2, 0.25) is 5.12 Å². The Balaban J connectivity index is 1.23. The van der Waals surface area contributed by atoms with Crippen LogP contribution in [-0.2, 0) is 16.0 Å². The molecule has 0 amide bonds. The van der Waals surface area contributed by atoms with Gasteiger partial charge in [-0.05, 0) is 104 Å². The molecular formula is C34H34FN3O5S. The largest absolute Gasteiger partial charge is 0.472 e. The number of furan rings is 1. The van der Waals surface area contributed by atoms with Crippen molar-refractivity contribution < 1.29 is 28.2 Å². The Hall–Kier alpha value is -3.68. The fourth-order valence-electron chi connectivity index (χ4n) is 9.32. The summed E-state index contributed by atoms with van der Waals surface area (Å²) in [6.07, 6.45) is 9.77. The summed E-state index contributed by atoms with van der Waals surface area (Å²) in [4.78, 5) is 27.2. The van der Waals surface area contributed by atoms with Gasteiger partial charge >= 0.3 is 5.97 Å². The second-order valence-corrected chi connectivity index (χ2v) is 14.2. The first-order chi connectivity index (χ1) is 21.1. The molecule has 8 nitrogen and oxygen atoms in total. The number of allylic oxidation sites excluding steroid dienone is 1. The van der Waals surface area contributed by atoms with Gasteiger partial charge in [-0.2, -0.15) is 10.4 Å². The molecule has 2 heterocycles. The highest BCUT2D eigenvalue weighted by Crippen LogP contribution is 2.69. The molecule has 10 heteroatoms. The van der Waals surface area contributed by atoms with Gasteiger partial charge in [-0.3, -0.25) is 4.79 Å². The van der Waals surface area contributed by atoms with Crippen LogP contribution < -0.4 is 0 Å². The molecule has 2 aromatic heterocycles. The van der Waals surface area contributed by atoms with E-state index in [9.17, 15) is 24.3 Å². The smallest absolute Gasteiger partial charge is 0.342 e. The third-order valence-electron chi connectivity index (χ3n) is 11.2. The number of ether oxygens (including phenoxy) is 1. The van der Waals surface area contributed by atoms with Crippen LogP contribution in [0.3, 0.4) is 0 Å². The van der Waals surface area contributed by atoms with Crippen LogP contribution in [0.25, 0.3) is 11.8 Å². The maximum atomic E-state index is 13.9. The van der Waals surface area contributed by atoms with Crippen LogP contribution in [0.2, 0.25) is 0 Å². The van der Waals surface area contributed by atoms with E-state index in [1.54, 1.807) is 12.1 Å². The highest BCUT2D eigenvalue weighted by Gasteiger charge is 2.70. The van der Waals surface area contributed by atoms with Crippen molar-refractivity contribution in [3.05, 3.63) is 77.3 Å². The van der Waals surface area contributed by atoms with Crippen LogP contribution in [0.4, 0.5) is 4.39 Å². The van der Waals surface area contributed by atoms with E-state index in [4.69, 9.17) is 9.15 Å². The van der Waals surface area contributed by atoms with Crippen molar-refractivity contribution in [3.63, 3.8) is 0 Å². The number of aromatic nitrogens is 2. The first-order valence-corrected chi connectivity index (χ1v) is 16.1. The van der Waals surface area contributed by atoms with E-state index in [-0.39, 0.29) is 45.4 Å². The van der Waals surface area contributed by atoms with Gasteiger partial charge in [-0.25, -0.2) is 13.9 Å². The molecule has 7 atom stereocenters. The predicted molar refractivity (Wildman–Crippen MR) is 161 cm³/mol. The van der Waals surface area contributed by atoms with Gasteiger partial charge in [-0.1, -0.05) is 31.2 Å². The Labute approximate surface area is 259 Å². The van der Waals surface area contributed by atoms with Crippen molar-refractivity contribution in [2.24, 2.45) is 28.6 Å². The molecule has 3 saturated carbocycles. The van der Waals surface area contributed by atoms with Crippen LogP contribution in [0.1, 0.15) is 67.6 Å². The number of hydrogen-bond acceptors (Lipinski definition) is 8. The Morgan fingerprint density at radius 3 is 2.77 bits per heavy atom.